The van der Waals surface area contributed by atoms with Gasteiger partial charge < -0.3 is 9.73 Å². The molecule has 3 rings (SSSR count). The van der Waals surface area contributed by atoms with E-state index in [1.165, 1.54) is 0 Å². The van der Waals surface area contributed by atoms with Crippen LogP contribution in [0.2, 0.25) is 0 Å². The Labute approximate surface area is 134 Å². The Morgan fingerprint density at radius 1 is 1.04 bits per heavy atom. The number of aromatic nitrogens is 1. The molecule has 7 heteroatoms. The number of anilines is 3. The average molecular weight is 331 g/mol. The zero-order valence-corrected chi connectivity index (χ0v) is 13.4. The summed E-state index contributed by atoms with van der Waals surface area (Å²) in [5.74, 6) is 0.107. The molecule has 0 radical (unpaired) electrons. The van der Waals surface area contributed by atoms with Gasteiger partial charge in [-0.3, -0.25) is 4.72 Å². The Balaban J connectivity index is 1.72. The maximum absolute atomic E-state index is 11.7. The Kier molecular flexibility index (Phi) is 4.20. The van der Waals surface area contributed by atoms with Gasteiger partial charge in [0.25, 0.3) is 6.01 Å². The van der Waals surface area contributed by atoms with Crippen molar-refractivity contribution in [1.29, 1.82) is 0 Å². The van der Waals surface area contributed by atoms with Crippen molar-refractivity contribution in [3.05, 3.63) is 48.5 Å². The molecule has 0 saturated carbocycles. The summed E-state index contributed by atoms with van der Waals surface area (Å²) in [4.78, 5) is 4.32. The van der Waals surface area contributed by atoms with Gasteiger partial charge in [0.15, 0.2) is 5.58 Å². The highest BCUT2D eigenvalue weighted by atomic mass is 32.2. The molecule has 3 aromatic rings. The second-order valence-electron chi connectivity index (χ2n) is 5.11. The fourth-order valence-corrected chi connectivity index (χ4v) is 3.30. The predicted octanol–water partition coefficient (Wildman–Crippen LogP) is 3.72. The highest BCUT2D eigenvalue weighted by Gasteiger charge is 2.09. The molecule has 0 aliphatic heterocycles. The third-order valence-electron chi connectivity index (χ3n) is 3.18. The second-order valence-corrected chi connectivity index (χ2v) is 6.95. The smallest absolute Gasteiger partial charge is 0.300 e. The monoisotopic (exact) mass is 331 g/mol. The predicted molar refractivity (Wildman–Crippen MR) is 91.4 cm³/mol. The van der Waals surface area contributed by atoms with Gasteiger partial charge in [-0.25, -0.2) is 8.42 Å². The number of fused-ring (bicyclic) bond motifs is 1. The lowest BCUT2D eigenvalue weighted by Crippen LogP contribution is -2.15. The molecular formula is C16H17N3O3S. The molecule has 6 nitrogen and oxygen atoms in total. The molecule has 0 spiro atoms. The number of sulfonamides is 1. The van der Waals surface area contributed by atoms with Crippen LogP contribution in [0.4, 0.5) is 17.4 Å². The fraction of sp³-hybridized carbons (Fsp3) is 0.188. The lowest BCUT2D eigenvalue weighted by atomic mass is 10.3. The Bertz CT molecular complexity index is 869. The van der Waals surface area contributed by atoms with E-state index in [9.17, 15) is 8.42 Å². The Morgan fingerprint density at radius 3 is 2.43 bits per heavy atom. The van der Waals surface area contributed by atoms with Crippen LogP contribution in [0, 0.1) is 0 Å². The van der Waals surface area contributed by atoms with Crippen LogP contribution in [-0.2, 0) is 10.0 Å². The molecular weight excluding hydrogens is 314 g/mol. The summed E-state index contributed by atoms with van der Waals surface area (Å²) in [6, 6.07) is 14.8. The molecule has 0 aliphatic rings. The first-order chi connectivity index (χ1) is 11.1. The SMILES string of the molecule is CCCS(=O)(=O)Nc1ccc(Nc2nc3ccccc3o2)cc1. The van der Waals surface area contributed by atoms with Gasteiger partial charge in [-0.2, -0.15) is 4.98 Å². The summed E-state index contributed by atoms with van der Waals surface area (Å²) < 4.78 is 31.6. The summed E-state index contributed by atoms with van der Waals surface area (Å²) in [7, 11) is -3.28. The average Bonchev–Trinajstić information content (AvgIpc) is 2.91. The Hall–Kier alpha value is -2.54. The number of nitrogens with one attached hydrogen (secondary N) is 2. The molecule has 0 saturated heterocycles. The van der Waals surface area contributed by atoms with E-state index in [-0.39, 0.29) is 5.75 Å². The molecule has 2 aromatic carbocycles. The molecule has 23 heavy (non-hydrogen) atoms. The lowest BCUT2D eigenvalue weighted by Gasteiger charge is -2.08. The van der Waals surface area contributed by atoms with E-state index in [1.807, 2.05) is 31.2 Å². The minimum Gasteiger partial charge on any atom is -0.423 e. The summed E-state index contributed by atoms with van der Waals surface area (Å²) in [6.45, 7) is 1.83. The van der Waals surface area contributed by atoms with Gasteiger partial charge in [0.1, 0.15) is 5.52 Å². The summed E-state index contributed by atoms with van der Waals surface area (Å²) in [5.41, 5.74) is 2.77. The zero-order chi connectivity index (χ0) is 16.3. The number of para-hydroxylation sites is 2. The van der Waals surface area contributed by atoms with Crippen molar-refractivity contribution in [1.82, 2.24) is 4.98 Å². The first-order valence-electron chi connectivity index (χ1n) is 7.29. The lowest BCUT2D eigenvalue weighted by molar-refractivity contribution is 0.600. The highest BCUT2D eigenvalue weighted by Crippen LogP contribution is 2.23. The van der Waals surface area contributed by atoms with Crippen molar-refractivity contribution >= 4 is 38.5 Å². The molecule has 1 aromatic heterocycles. The van der Waals surface area contributed by atoms with E-state index < -0.39 is 10.0 Å². The van der Waals surface area contributed by atoms with Crippen LogP contribution >= 0.6 is 0 Å². The van der Waals surface area contributed by atoms with Crippen molar-refractivity contribution in [2.75, 3.05) is 15.8 Å². The highest BCUT2D eigenvalue weighted by molar-refractivity contribution is 7.92. The molecule has 0 bridgehead atoms. The van der Waals surface area contributed by atoms with E-state index in [2.05, 4.69) is 15.0 Å². The molecule has 1 heterocycles. The Morgan fingerprint density at radius 2 is 1.74 bits per heavy atom. The first kappa shape index (κ1) is 15.4. The van der Waals surface area contributed by atoms with Gasteiger partial charge in [0, 0.05) is 11.4 Å². The number of benzene rings is 2. The summed E-state index contributed by atoms with van der Waals surface area (Å²) >= 11 is 0. The van der Waals surface area contributed by atoms with Gasteiger partial charge in [0.2, 0.25) is 10.0 Å². The van der Waals surface area contributed by atoms with Crippen molar-refractivity contribution in [3.8, 4) is 0 Å². The first-order valence-corrected chi connectivity index (χ1v) is 8.94. The minimum absolute atomic E-state index is 0.107. The normalized spacial score (nSPS) is 11.5. The van der Waals surface area contributed by atoms with Gasteiger partial charge in [0.05, 0.1) is 5.75 Å². The topological polar surface area (TPSA) is 84.2 Å². The molecule has 0 fully saturated rings. The number of hydrogen-bond donors (Lipinski definition) is 2. The second kappa shape index (κ2) is 6.29. The van der Waals surface area contributed by atoms with Gasteiger partial charge >= 0.3 is 0 Å². The third-order valence-corrected chi connectivity index (χ3v) is 4.67. The van der Waals surface area contributed by atoms with Crippen LogP contribution in [0.25, 0.3) is 11.1 Å². The number of hydrogen-bond acceptors (Lipinski definition) is 5. The van der Waals surface area contributed by atoms with Crippen LogP contribution in [-0.4, -0.2) is 19.2 Å². The van der Waals surface area contributed by atoms with Crippen LogP contribution in [0.1, 0.15) is 13.3 Å². The van der Waals surface area contributed by atoms with Crippen LogP contribution in [0.3, 0.4) is 0 Å². The zero-order valence-electron chi connectivity index (χ0n) is 12.6. The van der Waals surface area contributed by atoms with Gasteiger partial charge in [-0.1, -0.05) is 19.1 Å². The summed E-state index contributed by atoms with van der Waals surface area (Å²) in [5, 5.41) is 3.05. The van der Waals surface area contributed by atoms with Crippen LogP contribution in [0.5, 0.6) is 0 Å². The van der Waals surface area contributed by atoms with Crippen molar-refractivity contribution < 1.29 is 12.8 Å². The number of oxazole rings is 1. The van der Waals surface area contributed by atoms with Gasteiger partial charge in [-0.05, 0) is 42.8 Å². The standard InChI is InChI=1S/C16H17N3O3S/c1-2-11-23(20,21)19-13-9-7-12(8-10-13)17-16-18-14-5-3-4-6-15(14)22-16/h3-10,19H,2,11H2,1H3,(H,17,18). The maximum atomic E-state index is 11.7. The van der Waals surface area contributed by atoms with E-state index >= 15 is 0 Å². The largest absolute Gasteiger partial charge is 0.423 e. The van der Waals surface area contributed by atoms with E-state index in [1.54, 1.807) is 24.3 Å². The number of nitrogens with zero attached hydrogens (tertiary/aromatic N) is 1. The van der Waals surface area contributed by atoms with Gasteiger partial charge in [-0.15, -0.1) is 0 Å². The fourth-order valence-electron chi connectivity index (χ4n) is 2.17. The van der Waals surface area contributed by atoms with Crippen LogP contribution in [0.15, 0.2) is 52.9 Å². The van der Waals surface area contributed by atoms with E-state index in [4.69, 9.17) is 4.42 Å². The molecule has 0 amide bonds. The number of rotatable bonds is 6. The van der Waals surface area contributed by atoms with Crippen molar-refractivity contribution in [2.45, 2.75) is 13.3 Å². The van der Waals surface area contributed by atoms with E-state index in [0.717, 1.165) is 11.2 Å². The quantitative estimate of drug-likeness (QED) is 0.719. The van der Waals surface area contributed by atoms with E-state index in [0.29, 0.717) is 23.7 Å². The summed E-state index contributed by atoms with van der Waals surface area (Å²) in [6.07, 6.45) is 0.576. The molecule has 0 unspecified atom stereocenters. The molecule has 0 atom stereocenters. The third kappa shape index (κ3) is 3.81. The maximum Gasteiger partial charge on any atom is 0.300 e. The molecule has 0 aliphatic carbocycles. The minimum atomic E-state index is -3.28. The molecule has 2 N–H and O–H groups in total. The molecule has 120 valence electrons. The van der Waals surface area contributed by atoms with Crippen LogP contribution < -0.4 is 10.0 Å². The van der Waals surface area contributed by atoms with Crippen molar-refractivity contribution in [2.24, 2.45) is 0 Å². The van der Waals surface area contributed by atoms with Crippen molar-refractivity contribution in [3.63, 3.8) is 0 Å².